The van der Waals surface area contributed by atoms with E-state index in [2.05, 4.69) is 15.5 Å². The van der Waals surface area contributed by atoms with Crippen molar-refractivity contribution in [1.29, 1.82) is 0 Å². The summed E-state index contributed by atoms with van der Waals surface area (Å²) >= 11 is 0. The van der Waals surface area contributed by atoms with E-state index in [-0.39, 0.29) is 5.41 Å². The lowest BCUT2D eigenvalue weighted by molar-refractivity contribution is -0.141. The quantitative estimate of drug-likeness (QED) is 0.894. The Morgan fingerprint density at radius 2 is 1.88 bits per heavy atom. The fourth-order valence-electron chi connectivity index (χ4n) is 3.07. The zero-order chi connectivity index (χ0) is 17.2. The molecule has 4 nitrogen and oxygen atoms in total. The number of aromatic nitrogens is 2. The van der Waals surface area contributed by atoms with Crippen molar-refractivity contribution in [1.82, 2.24) is 10.2 Å². The van der Waals surface area contributed by atoms with Crippen LogP contribution in [-0.2, 0) is 11.6 Å². The van der Waals surface area contributed by atoms with Crippen molar-refractivity contribution in [2.45, 2.75) is 30.9 Å². The minimum Gasteiger partial charge on any atom is -0.496 e. The van der Waals surface area contributed by atoms with Gasteiger partial charge in [-0.25, -0.2) is 0 Å². The monoisotopic (exact) mass is 337 g/mol. The van der Waals surface area contributed by atoms with Gasteiger partial charge < -0.3 is 10.1 Å². The molecule has 24 heavy (non-hydrogen) atoms. The second kappa shape index (κ2) is 6.30. The van der Waals surface area contributed by atoms with Gasteiger partial charge in [0.1, 0.15) is 11.6 Å². The number of methoxy groups -OCH3 is 1. The van der Waals surface area contributed by atoms with Crippen LogP contribution in [0.4, 0.5) is 19.0 Å². The van der Waals surface area contributed by atoms with Crippen LogP contribution in [0.25, 0.3) is 0 Å². The molecule has 7 heteroatoms. The smallest absolute Gasteiger partial charge is 0.435 e. The molecule has 1 aromatic heterocycles. The van der Waals surface area contributed by atoms with Gasteiger partial charge in [-0.05, 0) is 31.0 Å². The summed E-state index contributed by atoms with van der Waals surface area (Å²) in [6.45, 7) is 0.577. The summed E-state index contributed by atoms with van der Waals surface area (Å²) in [6, 6.07) is 10.1. The summed E-state index contributed by atoms with van der Waals surface area (Å²) in [5.41, 5.74) is 0.0408. The molecule has 1 saturated carbocycles. The molecule has 0 spiro atoms. The molecule has 3 rings (SSSR count). The molecule has 0 atom stereocenters. The van der Waals surface area contributed by atoms with Crippen LogP contribution in [0.15, 0.2) is 36.4 Å². The predicted molar refractivity (Wildman–Crippen MR) is 84.0 cm³/mol. The third-order valence-corrected chi connectivity index (χ3v) is 4.55. The van der Waals surface area contributed by atoms with Crippen molar-refractivity contribution >= 4 is 5.82 Å². The number of para-hydroxylation sites is 1. The Balaban J connectivity index is 1.75. The van der Waals surface area contributed by atoms with Crippen LogP contribution in [0.1, 0.15) is 30.5 Å². The van der Waals surface area contributed by atoms with Gasteiger partial charge in [0.05, 0.1) is 7.11 Å². The van der Waals surface area contributed by atoms with Gasteiger partial charge in [-0.1, -0.05) is 24.6 Å². The molecule has 1 fully saturated rings. The fraction of sp³-hybridized carbons (Fsp3) is 0.412. The number of alkyl halides is 3. The van der Waals surface area contributed by atoms with E-state index < -0.39 is 11.9 Å². The molecule has 0 saturated heterocycles. The molecule has 0 unspecified atom stereocenters. The van der Waals surface area contributed by atoms with E-state index >= 15 is 0 Å². The Bertz CT molecular complexity index is 697. The van der Waals surface area contributed by atoms with E-state index in [9.17, 15) is 13.2 Å². The lowest BCUT2D eigenvalue weighted by Gasteiger charge is -2.43. The van der Waals surface area contributed by atoms with Crippen LogP contribution in [0, 0.1) is 0 Å². The highest BCUT2D eigenvalue weighted by atomic mass is 19.4. The normalized spacial score (nSPS) is 16.3. The second-order valence-corrected chi connectivity index (χ2v) is 5.99. The topological polar surface area (TPSA) is 47.0 Å². The highest BCUT2D eigenvalue weighted by Crippen LogP contribution is 2.47. The number of rotatable bonds is 5. The van der Waals surface area contributed by atoms with Gasteiger partial charge in [0.25, 0.3) is 0 Å². The first kappa shape index (κ1) is 16.5. The number of anilines is 1. The highest BCUT2D eigenvalue weighted by Gasteiger charge is 2.40. The minimum atomic E-state index is -4.47. The second-order valence-electron chi connectivity index (χ2n) is 5.99. The summed E-state index contributed by atoms with van der Waals surface area (Å²) in [5.74, 6) is 1.17. The maximum atomic E-state index is 12.5. The molecular formula is C17H18F3N3O. The van der Waals surface area contributed by atoms with Crippen LogP contribution >= 0.6 is 0 Å². The Morgan fingerprint density at radius 1 is 1.12 bits per heavy atom. The zero-order valence-electron chi connectivity index (χ0n) is 13.2. The molecule has 1 aliphatic rings. The van der Waals surface area contributed by atoms with Crippen LogP contribution in [0.5, 0.6) is 5.75 Å². The maximum absolute atomic E-state index is 12.5. The lowest BCUT2D eigenvalue weighted by Crippen LogP contribution is -2.41. The number of nitrogens with one attached hydrogen (secondary N) is 1. The Labute approximate surface area is 138 Å². The molecular weight excluding hydrogens is 319 g/mol. The highest BCUT2D eigenvalue weighted by molar-refractivity contribution is 5.44. The van der Waals surface area contributed by atoms with Crippen LogP contribution in [-0.4, -0.2) is 23.9 Å². The van der Waals surface area contributed by atoms with E-state index in [1.165, 1.54) is 6.07 Å². The van der Waals surface area contributed by atoms with Gasteiger partial charge in [-0.3, -0.25) is 0 Å². The van der Waals surface area contributed by atoms with Gasteiger partial charge in [0.15, 0.2) is 5.69 Å². The summed E-state index contributed by atoms with van der Waals surface area (Å²) in [4.78, 5) is 0. The van der Waals surface area contributed by atoms with Crippen LogP contribution in [0.3, 0.4) is 0 Å². The summed E-state index contributed by atoms with van der Waals surface area (Å²) in [7, 11) is 1.64. The summed E-state index contributed by atoms with van der Waals surface area (Å²) in [5, 5.41) is 9.99. The molecule has 0 radical (unpaired) electrons. The third kappa shape index (κ3) is 3.16. The van der Waals surface area contributed by atoms with Crippen LogP contribution < -0.4 is 10.1 Å². The molecule has 0 bridgehead atoms. The average molecular weight is 337 g/mol. The van der Waals surface area contributed by atoms with E-state index in [4.69, 9.17) is 4.74 Å². The first-order valence-electron chi connectivity index (χ1n) is 7.73. The van der Waals surface area contributed by atoms with Gasteiger partial charge in [0.2, 0.25) is 0 Å². The number of benzene rings is 1. The average Bonchev–Trinajstić information content (AvgIpc) is 2.54. The SMILES string of the molecule is COc1ccccc1C1(CNc2ccc(C(F)(F)F)nn2)CCC1. The minimum absolute atomic E-state index is 0.0863. The van der Waals surface area contributed by atoms with Crippen molar-refractivity contribution < 1.29 is 17.9 Å². The van der Waals surface area contributed by atoms with Crippen molar-refractivity contribution in [3.8, 4) is 5.75 Å². The number of halogens is 3. The van der Waals surface area contributed by atoms with E-state index in [1.54, 1.807) is 7.11 Å². The molecule has 1 aliphatic carbocycles. The van der Waals surface area contributed by atoms with Crippen molar-refractivity contribution in [3.63, 3.8) is 0 Å². The van der Waals surface area contributed by atoms with Crippen molar-refractivity contribution in [2.75, 3.05) is 19.0 Å². The molecule has 1 N–H and O–H groups in total. The first-order chi connectivity index (χ1) is 11.4. The molecule has 2 aromatic rings. The van der Waals surface area contributed by atoms with E-state index in [0.29, 0.717) is 12.4 Å². The van der Waals surface area contributed by atoms with E-state index in [1.807, 2.05) is 24.3 Å². The van der Waals surface area contributed by atoms with Gasteiger partial charge in [-0.2, -0.15) is 13.2 Å². The van der Waals surface area contributed by atoms with Gasteiger partial charge >= 0.3 is 6.18 Å². The standard InChI is InChI=1S/C17H18F3N3O/c1-24-13-6-3-2-5-12(13)16(9-4-10-16)11-21-15-8-7-14(22-23-15)17(18,19)20/h2-3,5-8H,4,9-11H2,1H3,(H,21,23). The van der Waals surface area contributed by atoms with Gasteiger partial charge in [0, 0.05) is 17.5 Å². The fourth-order valence-corrected chi connectivity index (χ4v) is 3.07. The Kier molecular flexibility index (Phi) is 4.34. The van der Waals surface area contributed by atoms with E-state index in [0.717, 1.165) is 36.6 Å². The first-order valence-corrected chi connectivity index (χ1v) is 7.73. The maximum Gasteiger partial charge on any atom is 0.435 e. The third-order valence-electron chi connectivity index (χ3n) is 4.55. The Hall–Kier alpha value is -2.31. The van der Waals surface area contributed by atoms with Crippen molar-refractivity contribution in [2.24, 2.45) is 0 Å². The molecule has 0 aliphatic heterocycles. The molecule has 1 aromatic carbocycles. The summed E-state index contributed by atoms with van der Waals surface area (Å²) < 4.78 is 43.0. The molecule has 128 valence electrons. The summed E-state index contributed by atoms with van der Waals surface area (Å²) in [6.07, 6.45) is -1.38. The zero-order valence-corrected chi connectivity index (χ0v) is 13.2. The number of ether oxygens (including phenoxy) is 1. The molecule has 0 amide bonds. The van der Waals surface area contributed by atoms with Crippen LogP contribution in [0.2, 0.25) is 0 Å². The van der Waals surface area contributed by atoms with Gasteiger partial charge in [-0.15, -0.1) is 10.2 Å². The largest absolute Gasteiger partial charge is 0.496 e. The van der Waals surface area contributed by atoms with Crippen molar-refractivity contribution in [3.05, 3.63) is 47.7 Å². The number of hydrogen-bond donors (Lipinski definition) is 1. The lowest BCUT2D eigenvalue weighted by atomic mass is 9.64. The number of nitrogens with zero attached hydrogens (tertiary/aromatic N) is 2. The predicted octanol–water partition coefficient (Wildman–Crippen LogP) is 4.04. The Morgan fingerprint density at radius 3 is 2.42 bits per heavy atom. The molecule has 1 heterocycles. The number of hydrogen-bond acceptors (Lipinski definition) is 4.